The van der Waals surface area contributed by atoms with Crippen LogP contribution in [-0.4, -0.2) is 29.1 Å². The van der Waals surface area contributed by atoms with Crippen LogP contribution in [0.1, 0.15) is 37.0 Å². The van der Waals surface area contributed by atoms with E-state index in [-0.39, 0.29) is 11.7 Å². The summed E-state index contributed by atoms with van der Waals surface area (Å²) in [5.74, 6) is 0.506. The number of carbonyl (C=O) groups is 1. The van der Waals surface area contributed by atoms with Crippen LogP contribution >= 0.6 is 0 Å². The highest BCUT2D eigenvalue weighted by atomic mass is 16.6. The van der Waals surface area contributed by atoms with E-state index in [1.807, 2.05) is 25.1 Å². The fraction of sp³-hybridized carbons (Fsp3) is 0.316. The van der Waals surface area contributed by atoms with E-state index in [0.29, 0.717) is 17.9 Å². The topological polar surface area (TPSA) is 76.0 Å². The number of ether oxygens (including phenoxy) is 2. The van der Waals surface area contributed by atoms with Gasteiger partial charge in [-0.05, 0) is 49.7 Å². The molecule has 5 heteroatoms. The van der Waals surface area contributed by atoms with Crippen LogP contribution in [0, 0.1) is 0 Å². The van der Waals surface area contributed by atoms with Crippen molar-refractivity contribution in [2.75, 3.05) is 6.61 Å². The summed E-state index contributed by atoms with van der Waals surface area (Å²) < 4.78 is 9.96. The van der Waals surface area contributed by atoms with Gasteiger partial charge in [0.15, 0.2) is 6.29 Å². The van der Waals surface area contributed by atoms with Gasteiger partial charge in [0.05, 0.1) is 12.2 Å². The number of unbranched alkanes of at least 4 members (excludes halogenated alkanes) is 1. The average molecular weight is 332 g/mol. The summed E-state index contributed by atoms with van der Waals surface area (Å²) in [6, 6.07) is 15.2. The minimum Gasteiger partial charge on any atom is -0.508 e. The average Bonchev–Trinajstić information content (AvgIpc) is 2.56. The molecule has 1 unspecified atom stereocenters. The summed E-state index contributed by atoms with van der Waals surface area (Å²) in [5, 5.41) is 17.8. The molecule has 0 saturated heterocycles. The number of phenols is 1. The van der Waals surface area contributed by atoms with Gasteiger partial charge in [-0.25, -0.2) is 4.79 Å². The van der Waals surface area contributed by atoms with Gasteiger partial charge in [0.1, 0.15) is 11.5 Å². The number of benzene rings is 2. The molecule has 0 saturated carbocycles. The van der Waals surface area contributed by atoms with E-state index in [2.05, 4.69) is 0 Å². The Morgan fingerprint density at radius 2 is 1.71 bits per heavy atom. The first-order valence-electron chi connectivity index (χ1n) is 7.89. The predicted molar refractivity (Wildman–Crippen MR) is 92.0 cm³/mol. The van der Waals surface area contributed by atoms with Gasteiger partial charge in [-0.15, -0.1) is 0 Å². The van der Waals surface area contributed by atoms with E-state index in [4.69, 9.17) is 19.7 Å². The zero-order chi connectivity index (χ0) is 17.8. The number of phenolic OH excluding ortho intramolecular Hbond substituents is 1. The van der Waals surface area contributed by atoms with Gasteiger partial charge in [-0.2, -0.15) is 0 Å². The molecule has 0 aromatic heterocycles. The smallest absolute Gasteiger partial charge is 0.338 e. The highest BCUT2D eigenvalue weighted by Crippen LogP contribution is 2.11. The number of aromatic hydroxyl groups is 1. The minimum absolute atomic E-state index is 0.148. The molecule has 0 aliphatic carbocycles. The predicted octanol–water partition coefficient (Wildman–Crippen LogP) is 3.75. The van der Waals surface area contributed by atoms with Gasteiger partial charge < -0.3 is 19.7 Å². The van der Waals surface area contributed by atoms with E-state index in [0.717, 1.165) is 12.8 Å². The molecule has 2 aromatic rings. The lowest BCUT2D eigenvalue weighted by molar-refractivity contribution is -0.000299. The first-order chi connectivity index (χ1) is 11.5. The number of esters is 1. The number of hydrogen-bond donors (Lipinski definition) is 2. The molecule has 0 spiro atoms. The molecule has 2 rings (SSSR count). The maximum atomic E-state index is 11.3. The molecule has 5 nitrogen and oxygen atoms in total. The summed E-state index contributed by atoms with van der Waals surface area (Å²) in [5.41, 5.74) is 0.471. The molecule has 0 heterocycles. The van der Waals surface area contributed by atoms with E-state index < -0.39 is 6.29 Å². The van der Waals surface area contributed by atoms with Gasteiger partial charge in [0.2, 0.25) is 0 Å². The van der Waals surface area contributed by atoms with E-state index in [1.165, 1.54) is 12.1 Å². The van der Waals surface area contributed by atoms with Gasteiger partial charge >= 0.3 is 5.97 Å². The molecular formula is C19H24O5. The Labute approximate surface area is 142 Å². The van der Waals surface area contributed by atoms with Crippen molar-refractivity contribution >= 4 is 5.97 Å². The van der Waals surface area contributed by atoms with Crippen LogP contribution in [0.15, 0.2) is 54.6 Å². The van der Waals surface area contributed by atoms with Crippen molar-refractivity contribution in [2.45, 2.75) is 33.0 Å². The van der Waals surface area contributed by atoms with Crippen molar-refractivity contribution < 1.29 is 24.5 Å². The van der Waals surface area contributed by atoms with Crippen molar-refractivity contribution in [3.63, 3.8) is 0 Å². The Morgan fingerprint density at radius 3 is 2.25 bits per heavy atom. The normalized spacial score (nSPS) is 11.0. The van der Waals surface area contributed by atoms with E-state index >= 15 is 0 Å². The largest absolute Gasteiger partial charge is 0.508 e. The summed E-state index contributed by atoms with van der Waals surface area (Å²) in [4.78, 5) is 11.3. The maximum Gasteiger partial charge on any atom is 0.338 e. The summed E-state index contributed by atoms with van der Waals surface area (Å²) in [6.07, 6.45) is 1.15. The molecule has 2 aromatic carbocycles. The number of aliphatic hydroxyl groups is 1. The van der Waals surface area contributed by atoms with Gasteiger partial charge in [0.25, 0.3) is 0 Å². The first-order valence-corrected chi connectivity index (χ1v) is 7.89. The van der Waals surface area contributed by atoms with Gasteiger partial charge in [-0.3, -0.25) is 0 Å². The zero-order valence-electron chi connectivity index (χ0n) is 14.0. The highest BCUT2D eigenvalue weighted by Gasteiger charge is 2.05. The molecule has 0 fully saturated rings. The molecule has 0 aliphatic rings. The van der Waals surface area contributed by atoms with Crippen molar-refractivity contribution in [3.8, 4) is 11.5 Å². The molecule has 1 atom stereocenters. The lowest BCUT2D eigenvalue weighted by Gasteiger charge is -2.06. The second-order valence-corrected chi connectivity index (χ2v) is 5.07. The van der Waals surface area contributed by atoms with Crippen LogP contribution in [0.2, 0.25) is 0 Å². The quantitative estimate of drug-likeness (QED) is 0.479. The molecular weight excluding hydrogens is 308 g/mol. The van der Waals surface area contributed by atoms with Crippen molar-refractivity contribution in [1.82, 2.24) is 0 Å². The monoisotopic (exact) mass is 332 g/mol. The number of rotatable bonds is 6. The number of hydrogen-bond acceptors (Lipinski definition) is 5. The molecule has 0 bridgehead atoms. The molecule has 0 radical (unpaired) electrons. The fourth-order valence-corrected chi connectivity index (χ4v) is 1.69. The van der Waals surface area contributed by atoms with Crippen LogP contribution < -0.4 is 4.74 Å². The molecule has 0 aliphatic heterocycles. The third kappa shape index (κ3) is 8.19. The Morgan fingerprint density at radius 1 is 1.08 bits per heavy atom. The third-order valence-corrected chi connectivity index (χ3v) is 2.88. The third-order valence-electron chi connectivity index (χ3n) is 2.88. The summed E-state index contributed by atoms with van der Waals surface area (Å²) in [7, 11) is 0. The van der Waals surface area contributed by atoms with Gasteiger partial charge in [0, 0.05) is 0 Å². The van der Waals surface area contributed by atoms with Gasteiger partial charge in [-0.1, -0.05) is 31.5 Å². The van der Waals surface area contributed by atoms with Crippen molar-refractivity contribution in [3.05, 3.63) is 60.2 Å². The van der Waals surface area contributed by atoms with E-state index in [9.17, 15) is 4.79 Å². The molecule has 130 valence electrons. The lowest BCUT2D eigenvalue weighted by atomic mass is 10.2. The van der Waals surface area contributed by atoms with Crippen LogP contribution in [0.3, 0.4) is 0 Å². The van der Waals surface area contributed by atoms with Crippen LogP contribution in [0.4, 0.5) is 0 Å². The van der Waals surface area contributed by atoms with Crippen molar-refractivity contribution in [1.29, 1.82) is 0 Å². The van der Waals surface area contributed by atoms with Crippen LogP contribution in [-0.2, 0) is 4.74 Å². The van der Waals surface area contributed by atoms with E-state index in [1.54, 1.807) is 31.2 Å². The van der Waals surface area contributed by atoms with Crippen LogP contribution in [0.25, 0.3) is 0 Å². The second-order valence-electron chi connectivity index (χ2n) is 5.07. The van der Waals surface area contributed by atoms with Crippen molar-refractivity contribution in [2.24, 2.45) is 0 Å². The Bertz CT molecular complexity index is 578. The Hall–Kier alpha value is -2.53. The van der Waals surface area contributed by atoms with Crippen LogP contribution in [0.5, 0.6) is 11.5 Å². The molecule has 24 heavy (non-hydrogen) atoms. The second kappa shape index (κ2) is 11.1. The summed E-state index contributed by atoms with van der Waals surface area (Å²) in [6.45, 7) is 4.07. The zero-order valence-corrected chi connectivity index (χ0v) is 14.0. The number of carbonyl (C=O) groups excluding carboxylic acids is 1. The molecule has 0 amide bonds. The summed E-state index contributed by atoms with van der Waals surface area (Å²) >= 11 is 0. The SMILES string of the molecule is CC(O)Oc1ccccc1.CCCCOC(=O)c1ccc(O)cc1. The number of para-hydroxylation sites is 1. The Kier molecular flexibility index (Phi) is 9.01. The molecule has 2 N–H and O–H groups in total. The highest BCUT2D eigenvalue weighted by molar-refractivity contribution is 5.89. The first kappa shape index (κ1) is 19.5. The maximum absolute atomic E-state index is 11.3. The minimum atomic E-state index is -0.734. The fourth-order valence-electron chi connectivity index (χ4n) is 1.69. The lowest BCUT2D eigenvalue weighted by Crippen LogP contribution is -2.08. The Balaban J connectivity index is 0.000000254. The standard InChI is InChI=1S/C11H14O3.C8H10O2/c1-2-3-8-14-11(13)9-4-6-10(12)7-5-9;1-7(9)10-8-5-3-2-4-6-8/h4-7,12H,2-3,8H2,1H3;2-7,9H,1H3. The number of aliphatic hydroxyl groups excluding tert-OH is 1.